The van der Waals surface area contributed by atoms with E-state index in [9.17, 15) is 4.79 Å². The number of aliphatic imine (C=N–C) groups is 1. The van der Waals surface area contributed by atoms with Gasteiger partial charge in [-0.2, -0.15) is 0 Å². The third-order valence-corrected chi connectivity index (χ3v) is 10.3. The van der Waals surface area contributed by atoms with Gasteiger partial charge in [-0.25, -0.2) is 0 Å². The molecule has 5 heterocycles. The van der Waals surface area contributed by atoms with Gasteiger partial charge in [0, 0.05) is 74.5 Å². The summed E-state index contributed by atoms with van der Waals surface area (Å²) < 4.78 is 7.75. The van der Waals surface area contributed by atoms with Crippen LogP contribution in [0.1, 0.15) is 48.2 Å². The third-order valence-electron chi connectivity index (χ3n) is 10.3. The van der Waals surface area contributed by atoms with Crippen LogP contribution >= 0.6 is 0 Å². The summed E-state index contributed by atoms with van der Waals surface area (Å²) in [5.74, 6) is 0.121. The number of dihydropyridines is 1. The quantitative estimate of drug-likeness (QED) is 0.184. The highest BCUT2D eigenvalue weighted by molar-refractivity contribution is 6.09. The van der Waals surface area contributed by atoms with Crippen LogP contribution in [0, 0.1) is 0 Å². The van der Waals surface area contributed by atoms with Gasteiger partial charge in [-0.15, -0.1) is 0 Å². The second-order valence-electron chi connectivity index (χ2n) is 13.6. The van der Waals surface area contributed by atoms with Crippen molar-refractivity contribution in [2.45, 2.75) is 64.4 Å². The molecule has 5 aromatic rings. The second kappa shape index (κ2) is 15.0. The number of nitrogens with zero attached hydrogens (tertiary/aromatic N) is 6. The van der Waals surface area contributed by atoms with Crippen molar-refractivity contribution in [3.63, 3.8) is 0 Å². The van der Waals surface area contributed by atoms with E-state index >= 15 is 0 Å². The van der Waals surface area contributed by atoms with E-state index in [1.807, 2.05) is 35.5 Å². The molecular formula is C41H45N7O2. The smallest absolute Gasteiger partial charge is 0.242 e. The minimum absolute atomic E-state index is 0.121. The van der Waals surface area contributed by atoms with Gasteiger partial charge in [-0.05, 0) is 66.6 Å². The molecule has 50 heavy (non-hydrogen) atoms. The lowest BCUT2D eigenvalue weighted by molar-refractivity contribution is -0.135. The van der Waals surface area contributed by atoms with Gasteiger partial charge in [0.05, 0.1) is 41.9 Å². The minimum Gasteiger partial charge on any atom is -0.378 e. The first-order valence-corrected chi connectivity index (χ1v) is 18.1. The highest BCUT2D eigenvalue weighted by atomic mass is 16.5. The number of fused-ring (bicyclic) bond motifs is 4. The minimum atomic E-state index is 0.121. The molecule has 0 radical (unpaired) electrons. The van der Waals surface area contributed by atoms with Crippen LogP contribution in [0.5, 0.6) is 0 Å². The molecule has 1 N–H and O–H groups in total. The first-order chi connectivity index (χ1) is 24.7. The Hall–Kier alpha value is -4.70. The largest absolute Gasteiger partial charge is 0.378 e. The van der Waals surface area contributed by atoms with Crippen LogP contribution in [-0.2, 0) is 42.3 Å². The highest BCUT2D eigenvalue weighted by Crippen LogP contribution is 2.34. The highest BCUT2D eigenvalue weighted by Gasteiger charge is 2.32. The Labute approximate surface area is 293 Å². The van der Waals surface area contributed by atoms with E-state index in [1.165, 1.54) is 22.4 Å². The molecule has 1 atom stereocenters. The van der Waals surface area contributed by atoms with Gasteiger partial charge in [0.15, 0.2) is 0 Å². The van der Waals surface area contributed by atoms with Crippen molar-refractivity contribution < 1.29 is 9.53 Å². The molecule has 0 spiro atoms. The van der Waals surface area contributed by atoms with E-state index in [1.54, 1.807) is 0 Å². The monoisotopic (exact) mass is 667 g/mol. The zero-order valence-corrected chi connectivity index (χ0v) is 28.6. The number of aromatic nitrogens is 3. The van der Waals surface area contributed by atoms with E-state index in [-0.39, 0.29) is 18.5 Å². The molecule has 2 aliphatic heterocycles. The predicted octanol–water partition coefficient (Wildman–Crippen LogP) is 6.06. The number of amides is 1. The van der Waals surface area contributed by atoms with E-state index in [4.69, 9.17) is 14.7 Å². The number of ether oxygens (including phenoxy) is 1. The average molecular weight is 668 g/mol. The molecule has 0 bridgehead atoms. The van der Waals surface area contributed by atoms with Crippen LogP contribution in [0.15, 0.2) is 102 Å². The van der Waals surface area contributed by atoms with Crippen molar-refractivity contribution in [3.8, 4) is 0 Å². The number of morpholine rings is 1. The van der Waals surface area contributed by atoms with Gasteiger partial charge >= 0.3 is 0 Å². The standard InChI is InChI=1S/C41H45N7O2/c49-39(46-21-23-50-24-22-46)29-48-37-11-2-1-10-34(37)35-17-20-44-36(41(35)48)28-47(38-12-5-7-32-8-6-19-45-40(32)38)27-31-15-13-30(14-16-31)25-42-26-33-9-3-4-18-43-33/h1-4,8-11,13-18,20,38,42H,5-7,12,19,21-29H2/t38-/m0/s1. The summed E-state index contributed by atoms with van der Waals surface area (Å²) in [6, 6.07) is 25.8. The number of carbonyl (C=O) groups is 1. The Morgan fingerprint density at radius 1 is 0.880 bits per heavy atom. The number of hydrogen-bond acceptors (Lipinski definition) is 7. The van der Waals surface area contributed by atoms with Crippen molar-refractivity contribution in [1.82, 2.24) is 29.7 Å². The first kappa shape index (κ1) is 32.5. The average Bonchev–Trinajstić information content (AvgIpc) is 3.49. The molecule has 8 rings (SSSR count). The van der Waals surface area contributed by atoms with Gasteiger partial charge in [0.25, 0.3) is 0 Å². The number of rotatable bonds is 11. The van der Waals surface area contributed by atoms with Crippen molar-refractivity contribution >= 4 is 33.4 Å². The number of pyridine rings is 2. The van der Waals surface area contributed by atoms with Crippen molar-refractivity contribution in [1.29, 1.82) is 0 Å². The van der Waals surface area contributed by atoms with E-state index < -0.39 is 0 Å². The Morgan fingerprint density at radius 3 is 2.58 bits per heavy atom. The Bertz CT molecular complexity index is 2010. The number of nitrogens with one attached hydrogen (secondary N) is 1. The third kappa shape index (κ3) is 6.99. The maximum atomic E-state index is 13.7. The van der Waals surface area contributed by atoms with Crippen LogP contribution in [-0.4, -0.2) is 74.8 Å². The summed E-state index contributed by atoms with van der Waals surface area (Å²) in [4.78, 5) is 32.8. The van der Waals surface area contributed by atoms with Gasteiger partial charge in [0.2, 0.25) is 5.91 Å². The summed E-state index contributed by atoms with van der Waals surface area (Å²) >= 11 is 0. The normalized spacial score (nSPS) is 17.9. The van der Waals surface area contributed by atoms with Gasteiger partial charge in [0.1, 0.15) is 6.54 Å². The molecule has 3 aliphatic rings. The lowest BCUT2D eigenvalue weighted by Gasteiger charge is -2.37. The van der Waals surface area contributed by atoms with Crippen LogP contribution in [0.3, 0.4) is 0 Å². The zero-order valence-electron chi connectivity index (χ0n) is 28.6. The van der Waals surface area contributed by atoms with Crippen LogP contribution in [0.25, 0.3) is 21.8 Å². The molecule has 3 aromatic heterocycles. The van der Waals surface area contributed by atoms with Crippen molar-refractivity contribution in [2.24, 2.45) is 4.99 Å². The zero-order chi connectivity index (χ0) is 33.7. The van der Waals surface area contributed by atoms with Gasteiger partial charge in [-0.3, -0.25) is 24.7 Å². The maximum Gasteiger partial charge on any atom is 0.242 e. The molecule has 0 unspecified atom stereocenters. The van der Waals surface area contributed by atoms with E-state index in [0.29, 0.717) is 32.8 Å². The van der Waals surface area contributed by atoms with Crippen LogP contribution in [0.2, 0.25) is 0 Å². The molecule has 1 aliphatic carbocycles. The molecule has 1 saturated carbocycles. The lowest BCUT2D eigenvalue weighted by atomic mass is 9.85. The summed E-state index contributed by atoms with van der Waals surface area (Å²) in [6.07, 6.45) is 10.5. The van der Waals surface area contributed by atoms with Crippen LogP contribution < -0.4 is 5.32 Å². The Balaban J connectivity index is 1.10. The molecule has 2 fully saturated rings. The lowest BCUT2D eigenvalue weighted by Crippen LogP contribution is -2.44. The fraction of sp³-hybridized carbons (Fsp3) is 0.366. The first-order valence-electron chi connectivity index (χ1n) is 18.1. The molecular weight excluding hydrogens is 622 g/mol. The van der Waals surface area contributed by atoms with Crippen molar-refractivity contribution in [3.05, 3.63) is 119 Å². The Morgan fingerprint density at radius 2 is 1.72 bits per heavy atom. The maximum absolute atomic E-state index is 13.7. The topological polar surface area (TPSA) is 87.9 Å². The van der Waals surface area contributed by atoms with Crippen molar-refractivity contribution in [2.75, 3.05) is 32.8 Å². The summed E-state index contributed by atoms with van der Waals surface area (Å²) in [6.45, 7) is 6.54. The fourth-order valence-corrected chi connectivity index (χ4v) is 7.86. The fourth-order valence-electron chi connectivity index (χ4n) is 7.86. The molecule has 1 amide bonds. The van der Waals surface area contributed by atoms with E-state index in [2.05, 4.69) is 80.4 Å². The number of benzene rings is 2. The Kier molecular flexibility index (Phi) is 9.78. The van der Waals surface area contributed by atoms with Gasteiger partial charge < -0.3 is 19.5 Å². The van der Waals surface area contributed by atoms with E-state index in [0.717, 1.165) is 85.1 Å². The molecule has 256 valence electrons. The SMILES string of the molecule is O=C(Cn1c2ccccc2c2ccnc(CN(Cc3ccc(CNCc4ccccn4)cc3)[C@H]3CCCC4=CCCN=C43)c21)N1CCOCC1. The number of hydrogen-bond donors (Lipinski definition) is 1. The summed E-state index contributed by atoms with van der Waals surface area (Å²) in [5, 5.41) is 5.82. The molecule has 1 saturated heterocycles. The predicted molar refractivity (Wildman–Crippen MR) is 198 cm³/mol. The summed E-state index contributed by atoms with van der Waals surface area (Å²) in [7, 11) is 0. The number of carbonyl (C=O) groups excluding carboxylic acids is 1. The second-order valence-corrected chi connectivity index (χ2v) is 13.6. The summed E-state index contributed by atoms with van der Waals surface area (Å²) in [5.41, 5.74) is 9.34. The molecule has 9 heteroatoms. The molecule has 2 aromatic carbocycles. The van der Waals surface area contributed by atoms with Crippen LogP contribution in [0.4, 0.5) is 0 Å². The molecule has 9 nitrogen and oxygen atoms in total. The van der Waals surface area contributed by atoms with Gasteiger partial charge in [-0.1, -0.05) is 54.6 Å². The number of para-hydroxylation sites is 1.